The number of ether oxygens (including phenoxy) is 1. The lowest BCUT2D eigenvalue weighted by Gasteiger charge is -2.20. The SMILES string of the molecule is CCOc1ccccc1NC(=O)C(=O)c1cn(CC(=O)N2CCCCCC2)c2ccccc12. The van der Waals surface area contributed by atoms with Gasteiger partial charge in [-0.05, 0) is 38.0 Å². The first-order chi connectivity index (χ1) is 16.1. The fraction of sp³-hybridized carbons (Fsp3) is 0.346. The Labute approximate surface area is 193 Å². The quantitative estimate of drug-likeness (QED) is 0.433. The largest absolute Gasteiger partial charge is 0.492 e. The number of Topliss-reactive ketones (excluding diaryl/α,β-unsaturated/α-hetero) is 1. The van der Waals surface area contributed by atoms with E-state index in [0.717, 1.165) is 44.3 Å². The highest BCUT2D eigenvalue weighted by atomic mass is 16.5. The van der Waals surface area contributed by atoms with Gasteiger partial charge in [0.15, 0.2) is 0 Å². The predicted molar refractivity (Wildman–Crippen MR) is 128 cm³/mol. The molecule has 1 fully saturated rings. The molecule has 0 bridgehead atoms. The second-order valence-electron chi connectivity index (χ2n) is 8.20. The number of amides is 2. The van der Waals surface area contributed by atoms with Gasteiger partial charge < -0.3 is 19.5 Å². The molecule has 0 spiro atoms. The van der Waals surface area contributed by atoms with E-state index in [1.807, 2.05) is 30.0 Å². The van der Waals surface area contributed by atoms with E-state index in [4.69, 9.17) is 4.74 Å². The van der Waals surface area contributed by atoms with Gasteiger partial charge in [0, 0.05) is 30.2 Å². The summed E-state index contributed by atoms with van der Waals surface area (Å²) in [5.41, 5.74) is 1.48. The van der Waals surface area contributed by atoms with Crippen LogP contribution in [0.3, 0.4) is 0 Å². The average Bonchev–Trinajstić information content (AvgIpc) is 2.99. The van der Waals surface area contributed by atoms with Crippen LogP contribution in [0, 0.1) is 0 Å². The van der Waals surface area contributed by atoms with Crippen LogP contribution in [-0.2, 0) is 16.1 Å². The molecule has 33 heavy (non-hydrogen) atoms. The Balaban J connectivity index is 1.57. The summed E-state index contributed by atoms with van der Waals surface area (Å²) >= 11 is 0. The van der Waals surface area contributed by atoms with Crippen molar-refractivity contribution in [2.75, 3.05) is 25.0 Å². The summed E-state index contributed by atoms with van der Waals surface area (Å²) in [6, 6.07) is 14.4. The van der Waals surface area contributed by atoms with Gasteiger partial charge in [0.25, 0.3) is 11.7 Å². The number of nitrogens with zero attached hydrogens (tertiary/aromatic N) is 2. The second-order valence-corrected chi connectivity index (χ2v) is 8.20. The molecule has 1 aliphatic rings. The molecule has 2 aromatic carbocycles. The predicted octanol–water partition coefficient (Wildman–Crippen LogP) is 4.26. The summed E-state index contributed by atoms with van der Waals surface area (Å²) in [6.45, 7) is 3.98. The molecule has 4 rings (SSSR count). The van der Waals surface area contributed by atoms with Crippen LogP contribution in [0.1, 0.15) is 43.0 Å². The monoisotopic (exact) mass is 447 g/mol. The minimum absolute atomic E-state index is 0.0340. The highest BCUT2D eigenvalue weighted by molar-refractivity contribution is 6.48. The molecule has 0 saturated carbocycles. The van der Waals surface area contributed by atoms with Crippen LogP contribution in [-0.4, -0.2) is 46.8 Å². The molecule has 1 saturated heterocycles. The van der Waals surface area contributed by atoms with Gasteiger partial charge >= 0.3 is 0 Å². The van der Waals surface area contributed by atoms with Crippen LogP contribution in [0.4, 0.5) is 5.69 Å². The number of aromatic nitrogens is 1. The highest BCUT2D eigenvalue weighted by Crippen LogP contribution is 2.26. The van der Waals surface area contributed by atoms with Crippen molar-refractivity contribution >= 4 is 34.2 Å². The van der Waals surface area contributed by atoms with E-state index in [0.29, 0.717) is 23.4 Å². The van der Waals surface area contributed by atoms with Crippen LogP contribution in [0.5, 0.6) is 5.75 Å². The summed E-state index contributed by atoms with van der Waals surface area (Å²) in [5, 5.41) is 3.32. The maximum absolute atomic E-state index is 13.1. The Morgan fingerprint density at radius 2 is 1.64 bits per heavy atom. The Bertz CT molecular complexity index is 1160. The maximum Gasteiger partial charge on any atom is 0.296 e. The van der Waals surface area contributed by atoms with Gasteiger partial charge in [0.05, 0.1) is 17.9 Å². The lowest BCUT2D eigenvalue weighted by atomic mass is 10.1. The van der Waals surface area contributed by atoms with Crippen LogP contribution in [0.15, 0.2) is 54.7 Å². The number of carbonyl (C=O) groups is 3. The van der Waals surface area contributed by atoms with Gasteiger partial charge in [-0.2, -0.15) is 0 Å². The summed E-state index contributed by atoms with van der Waals surface area (Å²) in [6.07, 6.45) is 5.96. The maximum atomic E-state index is 13.1. The Hall–Kier alpha value is -3.61. The topological polar surface area (TPSA) is 80.6 Å². The molecule has 0 aliphatic carbocycles. The summed E-state index contributed by atoms with van der Waals surface area (Å²) in [5.74, 6) is -0.860. The zero-order chi connectivity index (χ0) is 23.2. The fourth-order valence-electron chi connectivity index (χ4n) is 4.28. The number of anilines is 1. The molecule has 2 heterocycles. The first kappa shape index (κ1) is 22.6. The van der Waals surface area contributed by atoms with Crippen molar-refractivity contribution in [3.05, 3.63) is 60.3 Å². The Morgan fingerprint density at radius 3 is 2.39 bits per heavy atom. The third-order valence-electron chi connectivity index (χ3n) is 5.94. The number of benzene rings is 2. The smallest absolute Gasteiger partial charge is 0.296 e. The number of para-hydroxylation sites is 3. The Morgan fingerprint density at radius 1 is 0.939 bits per heavy atom. The average molecular weight is 448 g/mol. The fourth-order valence-corrected chi connectivity index (χ4v) is 4.28. The van der Waals surface area contributed by atoms with Gasteiger partial charge in [-0.1, -0.05) is 43.2 Å². The number of ketones is 1. The minimum atomic E-state index is -0.746. The van der Waals surface area contributed by atoms with E-state index in [9.17, 15) is 14.4 Å². The van der Waals surface area contributed by atoms with Crippen LogP contribution in [0.25, 0.3) is 10.9 Å². The van der Waals surface area contributed by atoms with E-state index in [2.05, 4.69) is 5.32 Å². The van der Waals surface area contributed by atoms with E-state index in [1.165, 1.54) is 0 Å². The molecular formula is C26H29N3O4. The molecule has 7 nitrogen and oxygen atoms in total. The van der Waals surface area contributed by atoms with E-state index in [1.54, 1.807) is 41.1 Å². The van der Waals surface area contributed by atoms with Crippen molar-refractivity contribution in [1.29, 1.82) is 0 Å². The molecule has 0 radical (unpaired) electrons. The van der Waals surface area contributed by atoms with Gasteiger partial charge in [-0.25, -0.2) is 0 Å². The number of hydrogen-bond acceptors (Lipinski definition) is 4. The minimum Gasteiger partial charge on any atom is -0.492 e. The highest BCUT2D eigenvalue weighted by Gasteiger charge is 2.24. The third kappa shape index (κ3) is 5.08. The van der Waals surface area contributed by atoms with Gasteiger partial charge in [-0.3, -0.25) is 14.4 Å². The summed E-state index contributed by atoms with van der Waals surface area (Å²) in [4.78, 5) is 40.8. The lowest BCUT2D eigenvalue weighted by Crippen LogP contribution is -2.34. The number of rotatable bonds is 7. The van der Waals surface area contributed by atoms with Crippen LogP contribution >= 0.6 is 0 Å². The van der Waals surface area contributed by atoms with Crippen molar-refractivity contribution in [3.63, 3.8) is 0 Å². The summed E-state index contributed by atoms with van der Waals surface area (Å²) in [7, 11) is 0. The second kappa shape index (κ2) is 10.3. The molecule has 3 aromatic rings. The zero-order valence-electron chi connectivity index (χ0n) is 18.9. The standard InChI is InChI=1S/C26H29N3O4/c1-2-33-23-14-8-6-12-21(23)27-26(32)25(31)20-17-29(22-13-7-5-11-19(20)22)18-24(30)28-15-9-3-4-10-16-28/h5-8,11-14,17H,2-4,9-10,15-16,18H2,1H3,(H,27,32). The van der Waals surface area contributed by atoms with Gasteiger partial charge in [0.2, 0.25) is 5.91 Å². The Kier molecular flexibility index (Phi) is 7.07. The third-order valence-corrected chi connectivity index (χ3v) is 5.94. The van der Waals surface area contributed by atoms with Gasteiger partial charge in [-0.15, -0.1) is 0 Å². The molecule has 0 atom stereocenters. The molecule has 1 aromatic heterocycles. The van der Waals surface area contributed by atoms with Gasteiger partial charge in [0.1, 0.15) is 12.3 Å². The molecule has 172 valence electrons. The van der Waals surface area contributed by atoms with Crippen molar-refractivity contribution in [2.45, 2.75) is 39.2 Å². The molecule has 1 N–H and O–H groups in total. The normalized spacial score (nSPS) is 14.0. The molecule has 7 heteroatoms. The number of likely N-dealkylation sites (tertiary alicyclic amines) is 1. The lowest BCUT2D eigenvalue weighted by molar-refractivity contribution is -0.131. The zero-order valence-corrected chi connectivity index (χ0v) is 18.9. The number of fused-ring (bicyclic) bond motifs is 1. The number of hydrogen-bond donors (Lipinski definition) is 1. The molecular weight excluding hydrogens is 418 g/mol. The molecule has 2 amide bonds. The van der Waals surface area contributed by atoms with Crippen molar-refractivity contribution in [3.8, 4) is 5.75 Å². The van der Waals surface area contributed by atoms with Crippen LogP contribution < -0.4 is 10.1 Å². The molecule has 1 aliphatic heterocycles. The van der Waals surface area contributed by atoms with Crippen LogP contribution in [0.2, 0.25) is 0 Å². The van der Waals surface area contributed by atoms with Crippen molar-refractivity contribution in [1.82, 2.24) is 9.47 Å². The van der Waals surface area contributed by atoms with Crippen molar-refractivity contribution in [2.24, 2.45) is 0 Å². The van der Waals surface area contributed by atoms with E-state index < -0.39 is 11.7 Å². The van der Waals surface area contributed by atoms with Crippen molar-refractivity contribution < 1.29 is 19.1 Å². The van der Waals surface area contributed by atoms with E-state index >= 15 is 0 Å². The van der Waals surface area contributed by atoms with E-state index in [-0.39, 0.29) is 18.0 Å². The first-order valence-corrected chi connectivity index (χ1v) is 11.5. The number of nitrogens with one attached hydrogen (secondary N) is 1. The number of carbonyl (C=O) groups excluding carboxylic acids is 3. The first-order valence-electron chi connectivity index (χ1n) is 11.5. The summed E-state index contributed by atoms with van der Waals surface area (Å²) < 4.78 is 7.31. The molecule has 0 unspecified atom stereocenters.